The number of thioether (sulfide) groups is 1. The zero-order valence-corrected chi connectivity index (χ0v) is 18.8. The van der Waals surface area contributed by atoms with Gasteiger partial charge in [0.1, 0.15) is 12.1 Å². The Bertz CT molecular complexity index is 1060. The van der Waals surface area contributed by atoms with Crippen molar-refractivity contribution in [3.63, 3.8) is 0 Å². The van der Waals surface area contributed by atoms with Gasteiger partial charge in [0.2, 0.25) is 5.91 Å². The number of nitrogens with zero attached hydrogens (tertiary/aromatic N) is 4. The van der Waals surface area contributed by atoms with Crippen LogP contribution in [0.3, 0.4) is 0 Å². The van der Waals surface area contributed by atoms with E-state index < -0.39 is 0 Å². The lowest BCUT2D eigenvalue weighted by Crippen LogP contribution is -2.27. The Hall–Kier alpha value is -3.33. The van der Waals surface area contributed by atoms with E-state index in [9.17, 15) is 9.59 Å². The molecule has 2 amide bonds. The van der Waals surface area contributed by atoms with Crippen molar-refractivity contribution in [2.75, 3.05) is 31.8 Å². The predicted octanol–water partition coefficient (Wildman–Crippen LogP) is 3.08. The number of benzene rings is 2. The van der Waals surface area contributed by atoms with Crippen LogP contribution in [0, 0.1) is 13.8 Å². The first-order valence-electron chi connectivity index (χ1n) is 9.67. The van der Waals surface area contributed by atoms with Gasteiger partial charge in [-0.2, -0.15) is 0 Å². The van der Waals surface area contributed by atoms with E-state index in [-0.39, 0.29) is 24.2 Å². The largest absolute Gasteiger partial charge is 0.484 e. The molecule has 0 aliphatic rings. The fourth-order valence-corrected chi connectivity index (χ4v) is 3.34. The molecule has 0 spiro atoms. The number of aromatic nitrogens is 3. The van der Waals surface area contributed by atoms with Gasteiger partial charge in [0.25, 0.3) is 5.91 Å². The van der Waals surface area contributed by atoms with Crippen molar-refractivity contribution in [2.24, 2.45) is 0 Å². The molecule has 3 aromatic rings. The maximum absolute atomic E-state index is 12.4. The Morgan fingerprint density at radius 3 is 2.52 bits per heavy atom. The Kier molecular flexibility index (Phi) is 7.30. The first-order valence-corrected chi connectivity index (χ1v) is 10.7. The van der Waals surface area contributed by atoms with E-state index in [4.69, 9.17) is 4.74 Å². The first-order chi connectivity index (χ1) is 14.8. The number of aryl methyl sites for hydroxylation is 2. The lowest BCUT2D eigenvalue weighted by molar-refractivity contribution is -0.130. The highest BCUT2D eigenvalue weighted by Crippen LogP contribution is 2.22. The fourth-order valence-electron chi connectivity index (χ4n) is 2.61. The number of ether oxygens (including phenoxy) is 1. The number of hydrogen-bond donors (Lipinski definition) is 1. The van der Waals surface area contributed by atoms with E-state index >= 15 is 0 Å². The van der Waals surface area contributed by atoms with Crippen LogP contribution in [0.2, 0.25) is 0 Å². The molecule has 0 bridgehead atoms. The Labute approximate surface area is 185 Å². The highest BCUT2D eigenvalue weighted by molar-refractivity contribution is 7.99. The average Bonchev–Trinajstić information content (AvgIpc) is 3.22. The van der Waals surface area contributed by atoms with E-state index in [0.29, 0.717) is 16.6 Å². The maximum atomic E-state index is 12.4. The van der Waals surface area contributed by atoms with Gasteiger partial charge in [0.05, 0.1) is 5.75 Å². The van der Waals surface area contributed by atoms with Crippen LogP contribution in [0.25, 0.3) is 5.69 Å². The highest BCUT2D eigenvalue weighted by atomic mass is 32.2. The SMILES string of the molecule is Cc1ccc(-n2cnnc2SCC(=O)Nc2ccc(OCC(=O)N(C)C)cc2)cc1C. The van der Waals surface area contributed by atoms with Gasteiger partial charge in [0, 0.05) is 25.5 Å². The van der Waals surface area contributed by atoms with Crippen LogP contribution in [0.5, 0.6) is 5.75 Å². The molecule has 0 saturated carbocycles. The minimum absolute atomic E-state index is 0.0312. The Morgan fingerprint density at radius 1 is 1.10 bits per heavy atom. The lowest BCUT2D eigenvalue weighted by atomic mass is 10.1. The summed E-state index contributed by atoms with van der Waals surface area (Å²) in [4.78, 5) is 25.4. The quantitative estimate of drug-likeness (QED) is 0.543. The second-order valence-corrected chi connectivity index (χ2v) is 8.13. The zero-order valence-electron chi connectivity index (χ0n) is 18.0. The van der Waals surface area contributed by atoms with Gasteiger partial charge < -0.3 is 15.0 Å². The third-order valence-electron chi connectivity index (χ3n) is 4.62. The lowest BCUT2D eigenvalue weighted by Gasteiger charge is -2.12. The van der Waals surface area contributed by atoms with Gasteiger partial charge >= 0.3 is 0 Å². The summed E-state index contributed by atoms with van der Waals surface area (Å²) in [5.41, 5.74) is 4.00. The standard InChI is InChI=1S/C22H25N5O3S/c1-15-5-8-18(11-16(15)2)27-14-23-25-22(27)31-13-20(28)24-17-6-9-19(10-7-17)30-12-21(29)26(3)4/h5-11,14H,12-13H2,1-4H3,(H,24,28). The van der Waals surface area contributed by atoms with Crippen molar-refractivity contribution in [2.45, 2.75) is 19.0 Å². The van der Waals surface area contributed by atoms with Gasteiger partial charge in [-0.15, -0.1) is 10.2 Å². The van der Waals surface area contributed by atoms with Crippen LogP contribution in [0.4, 0.5) is 5.69 Å². The van der Waals surface area contributed by atoms with Gasteiger partial charge in [-0.3, -0.25) is 14.2 Å². The van der Waals surface area contributed by atoms with Crippen molar-refractivity contribution in [3.8, 4) is 11.4 Å². The highest BCUT2D eigenvalue weighted by Gasteiger charge is 2.11. The van der Waals surface area contributed by atoms with Crippen LogP contribution in [0.15, 0.2) is 53.9 Å². The number of carbonyl (C=O) groups excluding carboxylic acids is 2. The van der Waals surface area contributed by atoms with E-state index in [1.165, 1.54) is 27.8 Å². The van der Waals surface area contributed by atoms with E-state index in [1.807, 2.05) is 10.6 Å². The summed E-state index contributed by atoms with van der Waals surface area (Å²) in [5.74, 6) is 0.474. The minimum Gasteiger partial charge on any atom is -0.484 e. The molecule has 1 heterocycles. The molecule has 8 nitrogen and oxygen atoms in total. The number of rotatable bonds is 8. The Balaban J connectivity index is 1.53. The molecule has 0 aliphatic carbocycles. The summed E-state index contributed by atoms with van der Waals surface area (Å²) >= 11 is 1.31. The smallest absolute Gasteiger partial charge is 0.259 e. The van der Waals surface area contributed by atoms with Gasteiger partial charge in [0.15, 0.2) is 11.8 Å². The van der Waals surface area contributed by atoms with Crippen molar-refractivity contribution in [1.82, 2.24) is 19.7 Å². The molecule has 0 aliphatic heterocycles. The van der Waals surface area contributed by atoms with Gasteiger partial charge in [-0.1, -0.05) is 17.8 Å². The first kappa shape index (κ1) is 22.4. The van der Waals surface area contributed by atoms with Crippen molar-refractivity contribution >= 4 is 29.3 Å². The molecule has 9 heteroatoms. The molecule has 0 fully saturated rings. The van der Waals surface area contributed by atoms with E-state index in [2.05, 4.69) is 41.5 Å². The molecule has 31 heavy (non-hydrogen) atoms. The van der Waals surface area contributed by atoms with Crippen molar-refractivity contribution < 1.29 is 14.3 Å². The van der Waals surface area contributed by atoms with E-state index in [1.54, 1.807) is 44.7 Å². The number of nitrogens with one attached hydrogen (secondary N) is 1. The maximum Gasteiger partial charge on any atom is 0.259 e. The van der Waals surface area contributed by atoms with Crippen LogP contribution < -0.4 is 10.1 Å². The number of likely N-dealkylation sites (N-methyl/N-ethyl adjacent to an activating group) is 1. The van der Waals surface area contributed by atoms with Crippen molar-refractivity contribution in [1.29, 1.82) is 0 Å². The van der Waals surface area contributed by atoms with Crippen LogP contribution >= 0.6 is 11.8 Å². The second-order valence-electron chi connectivity index (χ2n) is 7.19. The van der Waals surface area contributed by atoms with Gasteiger partial charge in [-0.05, 0) is 61.4 Å². The van der Waals surface area contributed by atoms with Crippen LogP contribution in [0.1, 0.15) is 11.1 Å². The van der Waals surface area contributed by atoms with E-state index in [0.717, 1.165) is 5.69 Å². The number of anilines is 1. The zero-order chi connectivity index (χ0) is 22.4. The molecule has 162 valence electrons. The molecule has 0 radical (unpaired) electrons. The van der Waals surface area contributed by atoms with Gasteiger partial charge in [-0.25, -0.2) is 0 Å². The average molecular weight is 440 g/mol. The van der Waals surface area contributed by atoms with Crippen LogP contribution in [-0.4, -0.2) is 57.9 Å². The Morgan fingerprint density at radius 2 is 1.84 bits per heavy atom. The number of hydrogen-bond acceptors (Lipinski definition) is 6. The summed E-state index contributed by atoms with van der Waals surface area (Å²) in [6, 6.07) is 13.0. The molecule has 2 aromatic carbocycles. The third kappa shape index (κ3) is 6.08. The monoisotopic (exact) mass is 439 g/mol. The molecule has 0 atom stereocenters. The summed E-state index contributed by atoms with van der Waals surface area (Å²) < 4.78 is 7.30. The molecule has 1 aromatic heterocycles. The molecular weight excluding hydrogens is 414 g/mol. The summed E-state index contributed by atoms with van der Waals surface area (Å²) in [6.45, 7) is 4.09. The topological polar surface area (TPSA) is 89.4 Å². The van der Waals surface area contributed by atoms with Crippen molar-refractivity contribution in [3.05, 3.63) is 59.9 Å². The normalized spacial score (nSPS) is 10.6. The fraction of sp³-hybridized carbons (Fsp3) is 0.273. The number of carbonyl (C=O) groups is 2. The minimum atomic E-state index is -0.156. The molecule has 3 rings (SSSR count). The second kappa shape index (κ2) is 10.1. The molecular formula is C22H25N5O3S. The molecule has 0 unspecified atom stereocenters. The molecule has 1 N–H and O–H groups in total. The summed E-state index contributed by atoms with van der Waals surface area (Å²) in [5, 5.41) is 11.6. The van der Waals surface area contributed by atoms with Crippen LogP contribution in [-0.2, 0) is 9.59 Å². The third-order valence-corrected chi connectivity index (χ3v) is 5.56. The number of amides is 2. The predicted molar refractivity (Wildman–Crippen MR) is 121 cm³/mol. The molecule has 0 saturated heterocycles. The summed E-state index contributed by atoms with van der Waals surface area (Å²) in [6.07, 6.45) is 1.64. The summed E-state index contributed by atoms with van der Waals surface area (Å²) in [7, 11) is 3.35.